The Hall–Kier alpha value is -1.75. The molecule has 3 nitrogen and oxygen atoms in total. The van der Waals surface area contributed by atoms with E-state index in [1.807, 2.05) is 25.1 Å². The number of morpholine rings is 1. The van der Waals surface area contributed by atoms with E-state index in [4.69, 9.17) is 4.74 Å². The maximum absolute atomic E-state index is 13.4. The molecule has 0 aliphatic carbocycles. The fourth-order valence-corrected chi connectivity index (χ4v) is 3.65. The molecular formula is C21H26FNO2. The molecule has 1 fully saturated rings. The van der Waals surface area contributed by atoms with Crippen molar-refractivity contribution in [1.29, 1.82) is 0 Å². The summed E-state index contributed by atoms with van der Waals surface area (Å²) in [5, 5.41) is 11.6. The molecular weight excluding hydrogens is 317 g/mol. The Morgan fingerprint density at radius 1 is 1.08 bits per heavy atom. The maximum atomic E-state index is 13.4. The van der Waals surface area contributed by atoms with Gasteiger partial charge in [0, 0.05) is 25.6 Å². The fourth-order valence-electron chi connectivity index (χ4n) is 3.65. The Labute approximate surface area is 149 Å². The fraction of sp³-hybridized carbons (Fsp3) is 0.429. The summed E-state index contributed by atoms with van der Waals surface area (Å²) in [6.07, 6.45) is 0.558. The lowest BCUT2D eigenvalue weighted by Gasteiger charge is -2.40. The van der Waals surface area contributed by atoms with Crippen molar-refractivity contribution >= 4 is 0 Å². The van der Waals surface area contributed by atoms with Crippen LogP contribution in [0.4, 0.5) is 4.39 Å². The molecule has 2 atom stereocenters. The molecule has 2 aromatic carbocycles. The van der Waals surface area contributed by atoms with Crippen LogP contribution in [0.25, 0.3) is 0 Å². The predicted molar refractivity (Wildman–Crippen MR) is 97.0 cm³/mol. The zero-order chi connectivity index (χ0) is 17.7. The Balaban J connectivity index is 1.96. The lowest BCUT2D eigenvalue weighted by molar-refractivity contribution is -0.0250. The third-order valence-electron chi connectivity index (χ3n) is 5.21. The van der Waals surface area contributed by atoms with E-state index in [-0.39, 0.29) is 11.7 Å². The van der Waals surface area contributed by atoms with Crippen LogP contribution in [-0.4, -0.2) is 42.9 Å². The highest BCUT2D eigenvalue weighted by Gasteiger charge is 2.39. The smallest absolute Gasteiger partial charge is 0.123 e. The van der Waals surface area contributed by atoms with Gasteiger partial charge in [0.05, 0.1) is 18.8 Å². The molecule has 4 heteroatoms. The van der Waals surface area contributed by atoms with Crippen molar-refractivity contribution in [3.63, 3.8) is 0 Å². The molecule has 0 radical (unpaired) electrons. The Morgan fingerprint density at radius 3 is 2.32 bits per heavy atom. The highest BCUT2D eigenvalue weighted by Crippen LogP contribution is 2.40. The van der Waals surface area contributed by atoms with Gasteiger partial charge in [-0.25, -0.2) is 4.39 Å². The Kier molecular flexibility index (Phi) is 5.84. The van der Waals surface area contributed by atoms with Crippen LogP contribution in [-0.2, 0) is 10.3 Å². The Morgan fingerprint density at radius 2 is 1.72 bits per heavy atom. The molecule has 0 spiro atoms. The van der Waals surface area contributed by atoms with Gasteiger partial charge in [-0.1, -0.05) is 49.4 Å². The minimum absolute atomic E-state index is 0.0951. The van der Waals surface area contributed by atoms with Gasteiger partial charge in [0.1, 0.15) is 5.82 Å². The molecule has 1 N–H and O–H groups in total. The number of aliphatic hydroxyl groups is 1. The summed E-state index contributed by atoms with van der Waals surface area (Å²) in [5.74, 6) is -0.381. The molecule has 0 unspecified atom stereocenters. The van der Waals surface area contributed by atoms with E-state index < -0.39 is 5.60 Å². The van der Waals surface area contributed by atoms with Crippen LogP contribution in [0, 0.1) is 5.82 Å². The van der Waals surface area contributed by atoms with Crippen molar-refractivity contribution in [3.8, 4) is 0 Å². The molecule has 0 amide bonds. The lowest BCUT2D eigenvalue weighted by Crippen LogP contribution is -2.44. The first-order chi connectivity index (χ1) is 12.1. The van der Waals surface area contributed by atoms with Crippen LogP contribution in [0.3, 0.4) is 0 Å². The van der Waals surface area contributed by atoms with Gasteiger partial charge in [0.25, 0.3) is 0 Å². The quantitative estimate of drug-likeness (QED) is 0.871. The average molecular weight is 343 g/mol. The van der Waals surface area contributed by atoms with Crippen LogP contribution in [0.1, 0.15) is 30.4 Å². The lowest BCUT2D eigenvalue weighted by atomic mass is 9.75. The van der Waals surface area contributed by atoms with Crippen LogP contribution < -0.4 is 0 Å². The number of ether oxygens (including phenoxy) is 1. The second kappa shape index (κ2) is 8.09. The predicted octanol–water partition coefficient (Wildman–Crippen LogP) is 3.54. The van der Waals surface area contributed by atoms with Gasteiger partial charge in [-0.3, -0.25) is 4.90 Å². The van der Waals surface area contributed by atoms with E-state index in [0.29, 0.717) is 6.42 Å². The van der Waals surface area contributed by atoms with Crippen LogP contribution in [0.2, 0.25) is 0 Å². The van der Waals surface area contributed by atoms with Gasteiger partial charge in [0.2, 0.25) is 0 Å². The van der Waals surface area contributed by atoms with Gasteiger partial charge in [0.15, 0.2) is 0 Å². The van der Waals surface area contributed by atoms with Crippen molar-refractivity contribution < 1.29 is 14.2 Å². The van der Waals surface area contributed by atoms with Gasteiger partial charge in [-0.2, -0.15) is 0 Å². The van der Waals surface area contributed by atoms with Gasteiger partial charge in [-0.05, 0) is 29.7 Å². The van der Waals surface area contributed by atoms with Crippen LogP contribution in [0.5, 0.6) is 0 Å². The third kappa shape index (κ3) is 4.09. The van der Waals surface area contributed by atoms with Gasteiger partial charge < -0.3 is 9.84 Å². The molecule has 1 saturated heterocycles. The topological polar surface area (TPSA) is 32.7 Å². The van der Waals surface area contributed by atoms with Crippen molar-refractivity contribution in [2.45, 2.75) is 24.9 Å². The summed E-state index contributed by atoms with van der Waals surface area (Å²) in [6, 6.07) is 16.4. The van der Waals surface area contributed by atoms with Gasteiger partial charge in [-0.15, -0.1) is 0 Å². The molecule has 1 heterocycles. The number of benzene rings is 2. The van der Waals surface area contributed by atoms with Crippen molar-refractivity contribution in [3.05, 3.63) is 71.5 Å². The molecule has 134 valence electrons. The van der Waals surface area contributed by atoms with E-state index in [1.165, 1.54) is 12.1 Å². The van der Waals surface area contributed by atoms with Crippen molar-refractivity contribution in [2.24, 2.45) is 0 Å². The maximum Gasteiger partial charge on any atom is 0.123 e. The number of nitrogens with zero attached hydrogens (tertiary/aromatic N) is 1. The molecule has 3 rings (SSSR count). The minimum Gasteiger partial charge on any atom is -0.384 e. The normalized spacial score (nSPS) is 19.3. The number of halogens is 1. The monoisotopic (exact) mass is 343 g/mol. The highest BCUT2D eigenvalue weighted by molar-refractivity contribution is 5.32. The second-order valence-corrected chi connectivity index (χ2v) is 6.66. The zero-order valence-electron chi connectivity index (χ0n) is 14.7. The second-order valence-electron chi connectivity index (χ2n) is 6.66. The first-order valence-corrected chi connectivity index (χ1v) is 8.97. The highest BCUT2D eigenvalue weighted by atomic mass is 19.1. The van der Waals surface area contributed by atoms with Crippen molar-refractivity contribution in [2.75, 3.05) is 32.8 Å². The summed E-state index contributed by atoms with van der Waals surface area (Å²) in [5.41, 5.74) is 0.814. The number of rotatable bonds is 6. The molecule has 0 bridgehead atoms. The first-order valence-electron chi connectivity index (χ1n) is 8.97. The molecule has 25 heavy (non-hydrogen) atoms. The standard InChI is InChI=1S/C21H26FNO2/c1-2-21(24,18-8-10-19(22)11-9-18)20(17-6-4-3-5-7-17)16-23-12-14-25-15-13-23/h3-11,20,24H,2,12-16H2,1H3/t20-,21-/m0/s1. The van der Waals surface area contributed by atoms with Crippen molar-refractivity contribution in [1.82, 2.24) is 4.90 Å². The van der Waals surface area contributed by atoms with Gasteiger partial charge >= 0.3 is 0 Å². The molecule has 2 aromatic rings. The molecule has 1 aliphatic heterocycles. The SMILES string of the molecule is CC[C@](O)(c1ccc(F)cc1)[C@@H](CN1CCOCC1)c1ccccc1. The van der Waals surface area contributed by atoms with E-state index in [2.05, 4.69) is 17.0 Å². The summed E-state index contributed by atoms with van der Waals surface area (Å²) in [4.78, 5) is 2.34. The van der Waals surface area contributed by atoms with E-state index in [9.17, 15) is 9.50 Å². The largest absolute Gasteiger partial charge is 0.384 e. The zero-order valence-corrected chi connectivity index (χ0v) is 14.7. The summed E-state index contributed by atoms with van der Waals surface area (Å²) in [6.45, 7) is 5.91. The van der Waals surface area contributed by atoms with E-state index in [0.717, 1.165) is 44.0 Å². The molecule has 0 aromatic heterocycles. The third-order valence-corrected chi connectivity index (χ3v) is 5.21. The van der Waals surface area contributed by atoms with Crippen LogP contribution >= 0.6 is 0 Å². The average Bonchev–Trinajstić information content (AvgIpc) is 2.67. The molecule has 0 saturated carbocycles. The summed E-state index contributed by atoms with van der Waals surface area (Å²) < 4.78 is 18.8. The van der Waals surface area contributed by atoms with E-state index in [1.54, 1.807) is 12.1 Å². The molecule has 1 aliphatic rings. The Bertz CT molecular complexity index is 655. The summed E-state index contributed by atoms with van der Waals surface area (Å²) in [7, 11) is 0. The van der Waals surface area contributed by atoms with E-state index >= 15 is 0 Å². The van der Waals surface area contributed by atoms with Crippen LogP contribution in [0.15, 0.2) is 54.6 Å². The minimum atomic E-state index is -1.05. The number of hydrogen-bond acceptors (Lipinski definition) is 3. The number of hydrogen-bond donors (Lipinski definition) is 1. The summed E-state index contributed by atoms with van der Waals surface area (Å²) >= 11 is 0. The first kappa shape index (κ1) is 18.1.